The van der Waals surface area contributed by atoms with Gasteiger partial charge < -0.3 is 14.7 Å². The standard InChI is InChI=1S/C14H19NO4/c1-3-15(8-9-19-2)14(18)12-7-5-4-6-11(12)10-13(16)17/h4-7H,3,8-10H2,1-2H3,(H,16,17). The smallest absolute Gasteiger partial charge is 0.307 e. The minimum absolute atomic E-state index is 0.149. The fourth-order valence-electron chi connectivity index (χ4n) is 1.82. The lowest BCUT2D eigenvalue weighted by atomic mass is 10.0. The highest BCUT2D eigenvalue weighted by molar-refractivity contribution is 5.96. The number of methoxy groups -OCH3 is 1. The van der Waals surface area contributed by atoms with Crippen LogP contribution in [0.5, 0.6) is 0 Å². The molecule has 0 aliphatic heterocycles. The number of nitrogens with zero attached hydrogens (tertiary/aromatic N) is 1. The predicted molar refractivity (Wildman–Crippen MR) is 71.2 cm³/mol. The quantitative estimate of drug-likeness (QED) is 0.809. The van der Waals surface area contributed by atoms with Crippen LogP contribution in [-0.4, -0.2) is 48.7 Å². The molecule has 104 valence electrons. The van der Waals surface area contributed by atoms with Crippen molar-refractivity contribution in [1.82, 2.24) is 4.90 Å². The van der Waals surface area contributed by atoms with Crippen LogP contribution < -0.4 is 0 Å². The number of rotatable bonds is 7. The molecule has 0 spiro atoms. The Morgan fingerprint density at radius 3 is 2.58 bits per heavy atom. The van der Waals surface area contributed by atoms with Gasteiger partial charge in [-0.05, 0) is 18.6 Å². The number of likely N-dealkylation sites (N-methyl/N-ethyl adjacent to an activating group) is 1. The van der Waals surface area contributed by atoms with Crippen LogP contribution in [0.15, 0.2) is 24.3 Å². The van der Waals surface area contributed by atoms with E-state index in [-0.39, 0.29) is 12.3 Å². The third-order valence-corrected chi connectivity index (χ3v) is 2.82. The Kier molecular flexibility index (Phi) is 6.02. The minimum Gasteiger partial charge on any atom is -0.481 e. The maximum absolute atomic E-state index is 12.4. The van der Waals surface area contributed by atoms with E-state index in [4.69, 9.17) is 9.84 Å². The summed E-state index contributed by atoms with van der Waals surface area (Å²) in [5, 5.41) is 8.87. The summed E-state index contributed by atoms with van der Waals surface area (Å²) in [4.78, 5) is 24.8. The van der Waals surface area contributed by atoms with E-state index in [0.29, 0.717) is 30.8 Å². The molecular formula is C14H19NO4. The van der Waals surface area contributed by atoms with Gasteiger partial charge in [-0.3, -0.25) is 9.59 Å². The summed E-state index contributed by atoms with van der Waals surface area (Å²) < 4.78 is 4.97. The van der Waals surface area contributed by atoms with Crippen molar-refractivity contribution in [2.45, 2.75) is 13.3 Å². The van der Waals surface area contributed by atoms with Gasteiger partial charge in [0, 0.05) is 25.8 Å². The van der Waals surface area contributed by atoms with Crippen molar-refractivity contribution in [3.8, 4) is 0 Å². The van der Waals surface area contributed by atoms with Gasteiger partial charge in [-0.1, -0.05) is 18.2 Å². The summed E-state index contributed by atoms with van der Waals surface area (Å²) in [7, 11) is 1.58. The van der Waals surface area contributed by atoms with E-state index in [0.717, 1.165) is 0 Å². The normalized spacial score (nSPS) is 10.2. The second kappa shape index (κ2) is 7.53. The minimum atomic E-state index is -0.944. The molecule has 1 rings (SSSR count). The van der Waals surface area contributed by atoms with E-state index in [2.05, 4.69) is 0 Å². The van der Waals surface area contributed by atoms with Gasteiger partial charge >= 0.3 is 5.97 Å². The summed E-state index contributed by atoms with van der Waals surface area (Å²) in [6.45, 7) is 3.39. The highest BCUT2D eigenvalue weighted by Crippen LogP contribution is 2.12. The molecule has 19 heavy (non-hydrogen) atoms. The molecule has 0 unspecified atom stereocenters. The Bertz CT molecular complexity index is 445. The molecule has 0 fully saturated rings. The summed E-state index contributed by atoms with van der Waals surface area (Å²) in [6.07, 6.45) is -0.149. The van der Waals surface area contributed by atoms with Crippen LogP contribution in [0.4, 0.5) is 0 Å². The van der Waals surface area contributed by atoms with Gasteiger partial charge in [-0.25, -0.2) is 0 Å². The highest BCUT2D eigenvalue weighted by atomic mass is 16.5. The highest BCUT2D eigenvalue weighted by Gasteiger charge is 2.18. The zero-order valence-electron chi connectivity index (χ0n) is 11.3. The van der Waals surface area contributed by atoms with E-state index in [9.17, 15) is 9.59 Å². The molecular weight excluding hydrogens is 246 g/mol. The van der Waals surface area contributed by atoms with Crippen molar-refractivity contribution >= 4 is 11.9 Å². The lowest BCUT2D eigenvalue weighted by Gasteiger charge is -2.21. The molecule has 0 bridgehead atoms. The molecule has 0 aliphatic carbocycles. The van der Waals surface area contributed by atoms with Crippen molar-refractivity contribution in [2.24, 2.45) is 0 Å². The van der Waals surface area contributed by atoms with Crippen molar-refractivity contribution in [2.75, 3.05) is 26.8 Å². The fraction of sp³-hybridized carbons (Fsp3) is 0.429. The zero-order valence-corrected chi connectivity index (χ0v) is 11.3. The molecule has 1 N–H and O–H groups in total. The Balaban J connectivity index is 2.93. The van der Waals surface area contributed by atoms with E-state index in [1.807, 2.05) is 6.92 Å². The Morgan fingerprint density at radius 1 is 1.32 bits per heavy atom. The average molecular weight is 265 g/mol. The first-order chi connectivity index (χ1) is 9.10. The molecule has 1 amide bonds. The van der Waals surface area contributed by atoms with Crippen molar-refractivity contribution in [1.29, 1.82) is 0 Å². The molecule has 1 aromatic rings. The van der Waals surface area contributed by atoms with Crippen LogP contribution in [0.3, 0.4) is 0 Å². The van der Waals surface area contributed by atoms with E-state index in [1.165, 1.54) is 0 Å². The zero-order chi connectivity index (χ0) is 14.3. The van der Waals surface area contributed by atoms with Crippen LogP contribution in [0.1, 0.15) is 22.8 Å². The molecule has 0 saturated carbocycles. The molecule has 0 aromatic heterocycles. The number of hydrogen-bond acceptors (Lipinski definition) is 3. The van der Waals surface area contributed by atoms with Gasteiger partial charge in [0.1, 0.15) is 0 Å². The second-order valence-corrected chi connectivity index (χ2v) is 4.11. The Labute approximate surface area is 112 Å². The van der Waals surface area contributed by atoms with Crippen molar-refractivity contribution < 1.29 is 19.4 Å². The molecule has 0 heterocycles. The van der Waals surface area contributed by atoms with Gasteiger partial charge in [0.15, 0.2) is 0 Å². The van der Waals surface area contributed by atoms with Gasteiger partial charge in [-0.2, -0.15) is 0 Å². The first kappa shape index (κ1) is 15.2. The Hall–Kier alpha value is -1.88. The van der Waals surface area contributed by atoms with Gasteiger partial charge in [-0.15, -0.1) is 0 Å². The summed E-state index contributed by atoms with van der Waals surface area (Å²) in [5.74, 6) is -1.10. The van der Waals surface area contributed by atoms with Crippen LogP contribution in [0.2, 0.25) is 0 Å². The van der Waals surface area contributed by atoms with Crippen molar-refractivity contribution in [3.63, 3.8) is 0 Å². The molecule has 5 heteroatoms. The maximum Gasteiger partial charge on any atom is 0.307 e. The van der Waals surface area contributed by atoms with Crippen LogP contribution in [0.25, 0.3) is 0 Å². The maximum atomic E-state index is 12.4. The molecule has 5 nitrogen and oxygen atoms in total. The number of carbonyl (C=O) groups is 2. The molecule has 0 aliphatic rings. The number of benzene rings is 1. The molecule has 0 radical (unpaired) electrons. The van der Waals surface area contributed by atoms with Gasteiger partial charge in [0.2, 0.25) is 0 Å². The summed E-state index contributed by atoms with van der Waals surface area (Å²) >= 11 is 0. The third kappa shape index (κ3) is 4.37. The van der Waals surface area contributed by atoms with Gasteiger partial charge in [0.25, 0.3) is 5.91 Å². The number of amides is 1. The lowest BCUT2D eigenvalue weighted by molar-refractivity contribution is -0.136. The first-order valence-electron chi connectivity index (χ1n) is 6.18. The average Bonchev–Trinajstić information content (AvgIpc) is 2.39. The summed E-state index contributed by atoms with van der Waals surface area (Å²) in [5.41, 5.74) is 0.985. The number of carboxylic acids is 1. The van der Waals surface area contributed by atoms with E-state index in [1.54, 1.807) is 36.3 Å². The number of hydrogen-bond donors (Lipinski definition) is 1. The monoisotopic (exact) mass is 265 g/mol. The number of ether oxygens (including phenoxy) is 1. The lowest BCUT2D eigenvalue weighted by Crippen LogP contribution is -2.34. The van der Waals surface area contributed by atoms with E-state index >= 15 is 0 Å². The number of carboxylic acid groups (broad SMARTS) is 1. The summed E-state index contributed by atoms with van der Waals surface area (Å²) in [6, 6.07) is 6.81. The second-order valence-electron chi connectivity index (χ2n) is 4.11. The number of carbonyl (C=O) groups excluding carboxylic acids is 1. The van der Waals surface area contributed by atoms with Crippen molar-refractivity contribution in [3.05, 3.63) is 35.4 Å². The predicted octanol–water partition coefficient (Wildman–Crippen LogP) is 1.42. The van der Waals surface area contributed by atoms with Crippen LogP contribution >= 0.6 is 0 Å². The SMILES string of the molecule is CCN(CCOC)C(=O)c1ccccc1CC(=O)O. The Morgan fingerprint density at radius 2 is 2.00 bits per heavy atom. The first-order valence-corrected chi connectivity index (χ1v) is 6.18. The molecule has 0 atom stereocenters. The van der Waals surface area contributed by atoms with Gasteiger partial charge in [0.05, 0.1) is 13.0 Å². The van der Waals surface area contributed by atoms with E-state index < -0.39 is 5.97 Å². The topological polar surface area (TPSA) is 66.8 Å². The largest absolute Gasteiger partial charge is 0.481 e. The third-order valence-electron chi connectivity index (χ3n) is 2.82. The molecule has 1 aromatic carbocycles. The number of aliphatic carboxylic acids is 1. The van der Waals surface area contributed by atoms with Crippen LogP contribution in [-0.2, 0) is 16.0 Å². The fourth-order valence-corrected chi connectivity index (χ4v) is 1.82. The van der Waals surface area contributed by atoms with Crippen LogP contribution in [0, 0.1) is 0 Å². The molecule has 0 saturated heterocycles.